The molecule has 0 spiro atoms. The summed E-state index contributed by atoms with van der Waals surface area (Å²) in [6, 6.07) is 12.2. The van der Waals surface area contributed by atoms with Crippen LogP contribution in [0.3, 0.4) is 0 Å². The molecule has 33 heavy (non-hydrogen) atoms. The van der Waals surface area contributed by atoms with Gasteiger partial charge in [-0.15, -0.1) is 22.7 Å². The maximum atomic E-state index is 13.0. The third-order valence-electron chi connectivity index (χ3n) is 5.51. The van der Waals surface area contributed by atoms with E-state index in [1.807, 2.05) is 21.7 Å². The van der Waals surface area contributed by atoms with Crippen molar-refractivity contribution in [3.8, 4) is 0 Å². The van der Waals surface area contributed by atoms with E-state index in [1.54, 1.807) is 47.0 Å². The number of thiazole rings is 1. The molecule has 0 unspecified atom stereocenters. The van der Waals surface area contributed by atoms with Crippen LogP contribution in [-0.4, -0.2) is 57.2 Å². The molecule has 1 saturated heterocycles. The van der Waals surface area contributed by atoms with E-state index in [2.05, 4.69) is 15.2 Å². The number of anilines is 1. The fourth-order valence-electron chi connectivity index (χ4n) is 3.82. The number of hydrogen-bond acceptors (Lipinski definition) is 7. The second-order valence-corrected chi connectivity index (χ2v) is 9.54. The van der Waals surface area contributed by atoms with Crippen molar-refractivity contribution in [1.29, 1.82) is 0 Å². The van der Waals surface area contributed by atoms with Gasteiger partial charge in [0.25, 0.3) is 17.4 Å². The smallest absolute Gasteiger partial charge is 0.265 e. The van der Waals surface area contributed by atoms with Crippen LogP contribution in [0.1, 0.15) is 25.7 Å². The van der Waals surface area contributed by atoms with Gasteiger partial charge in [-0.05, 0) is 29.6 Å². The first-order valence-electron chi connectivity index (χ1n) is 10.5. The molecule has 3 aromatic heterocycles. The molecule has 0 radical (unpaired) electrons. The van der Waals surface area contributed by atoms with Gasteiger partial charge in [0.05, 0.1) is 10.6 Å². The Bertz CT molecular complexity index is 1350. The normalized spacial score (nSPS) is 14.5. The number of rotatable bonds is 5. The van der Waals surface area contributed by atoms with Crippen molar-refractivity contribution in [2.75, 3.05) is 31.5 Å². The summed E-state index contributed by atoms with van der Waals surface area (Å²) in [6.07, 6.45) is 1.73. The lowest BCUT2D eigenvalue weighted by Crippen LogP contribution is -2.48. The van der Waals surface area contributed by atoms with E-state index >= 15 is 0 Å². The lowest BCUT2D eigenvalue weighted by atomic mass is 10.1. The molecule has 168 valence electrons. The highest BCUT2D eigenvalue weighted by Gasteiger charge is 2.23. The highest BCUT2D eigenvalue weighted by molar-refractivity contribution is 7.15. The average Bonchev–Trinajstić information content (AvgIpc) is 3.52. The van der Waals surface area contributed by atoms with Gasteiger partial charge in [0.2, 0.25) is 0 Å². The molecule has 1 aliphatic rings. The zero-order valence-corrected chi connectivity index (χ0v) is 19.3. The first-order valence-corrected chi connectivity index (χ1v) is 12.2. The van der Waals surface area contributed by atoms with E-state index in [-0.39, 0.29) is 17.4 Å². The molecule has 0 bridgehead atoms. The number of carbonyl (C=O) groups is 2. The number of thiophene rings is 1. The van der Waals surface area contributed by atoms with Gasteiger partial charge >= 0.3 is 0 Å². The van der Waals surface area contributed by atoms with Crippen LogP contribution in [0, 0.1) is 0 Å². The van der Waals surface area contributed by atoms with Crippen LogP contribution >= 0.6 is 22.7 Å². The minimum Gasteiger partial charge on any atom is -0.336 e. The van der Waals surface area contributed by atoms with E-state index in [1.165, 1.54) is 22.7 Å². The van der Waals surface area contributed by atoms with Crippen LogP contribution in [0.5, 0.6) is 0 Å². The average molecular weight is 480 g/mol. The number of nitrogens with zero attached hydrogens (tertiary/aromatic N) is 4. The van der Waals surface area contributed by atoms with E-state index in [0.29, 0.717) is 53.8 Å². The van der Waals surface area contributed by atoms with Gasteiger partial charge in [-0.1, -0.05) is 12.1 Å². The molecule has 10 heteroatoms. The molecule has 0 saturated carbocycles. The van der Waals surface area contributed by atoms with Crippen molar-refractivity contribution in [3.63, 3.8) is 0 Å². The summed E-state index contributed by atoms with van der Waals surface area (Å²) in [5, 5.41) is 6.55. The SMILES string of the molecule is O=C(Nc1cccc(C(=O)N2CCN(Cc3cc(=O)n4ccsc4n3)CC2)c1)c1cccs1. The van der Waals surface area contributed by atoms with Crippen LogP contribution in [0.25, 0.3) is 4.96 Å². The monoisotopic (exact) mass is 479 g/mol. The van der Waals surface area contributed by atoms with Crippen LogP contribution in [-0.2, 0) is 6.54 Å². The van der Waals surface area contributed by atoms with E-state index in [0.717, 1.165) is 5.69 Å². The maximum absolute atomic E-state index is 13.0. The van der Waals surface area contributed by atoms with Gasteiger partial charge in [0.1, 0.15) is 0 Å². The molecule has 8 nitrogen and oxygen atoms in total. The topological polar surface area (TPSA) is 87.0 Å². The summed E-state index contributed by atoms with van der Waals surface area (Å²) in [6.45, 7) is 3.16. The molecule has 1 fully saturated rings. The predicted octanol–water partition coefficient (Wildman–Crippen LogP) is 3.03. The molecule has 1 aliphatic heterocycles. The quantitative estimate of drug-likeness (QED) is 0.476. The minimum atomic E-state index is -0.183. The molecule has 4 heterocycles. The van der Waals surface area contributed by atoms with Crippen molar-refractivity contribution in [1.82, 2.24) is 19.2 Å². The Morgan fingerprint density at radius 1 is 1.00 bits per heavy atom. The van der Waals surface area contributed by atoms with Crippen molar-refractivity contribution in [3.05, 3.63) is 85.9 Å². The number of fused-ring (bicyclic) bond motifs is 1. The zero-order chi connectivity index (χ0) is 22.8. The maximum Gasteiger partial charge on any atom is 0.265 e. The van der Waals surface area contributed by atoms with Crippen molar-refractivity contribution >= 4 is 45.1 Å². The number of piperazine rings is 1. The molecule has 0 atom stereocenters. The Labute approximate surface area is 197 Å². The number of benzene rings is 1. The molecule has 0 aliphatic carbocycles. The van der Waals surface area contributed by atoms with Gasteiger partial charge in [-0.3, -0.25) is 23.7 Å². The summed E-state index contributed by atoms with van der Waals surface area (Å²) < 4.78 is 1.54. The Balaban J connectivity index is 1.20. The van der Waals surface area contributed by atoms with E-state index in [4.69, 9.17) is 0 Å². The fourth-order valence-corrected chi connectivity index (χ4v) is 5.18. The van der Waals surface area contributed by atoms with Crippen molar-refractivity contribution < 1.29 is 9.59 Å². The number of nitrogens with one attached hydrogen (secondary N) is 1. The van der Waals surface area contributed by atoms with Crippen LogP contribution in [0.2, 0.25) is 0 Å². The molecule has 5 rings (SSSR count). The van der Waals surface area contributed by atoms with Gasteiger partial charge in [-0.2, -0.15) is 0 Å². The zero-order valence-electron chi connectivity index (χ0n) is 17.6. The highest BCUT2D eigenvalue weighted by atomic mass is 32.1. The first-order chi connectivity index (χ1) is 16.1. The standard InChI is InChI=1S/C23H21N5O3S2/c29-20-14-18(25-23-28(20)10-12-33-23)15-26-6-8-27(9-7-26)22(31)16-3-1-4-17(13-16)24-21(30)19-5-2-11-32-19/h1-5,10-14H,6-9,15H2,(H,24,30). The Kier molecular flexibility index (Phi) is 6.03. The number of aromatic nitrogens is 2. The Morgan fingerprint density at radius 2 is 1.85 bits per heavy atom. The van der Waals surface area contributed by atoms with Crippen LogP contribution < -0.4 is 10.9 Å². The Hall–Kier alpha value is -3.34. The first kappa shape index (κ1) is 21.5. The summed E-state index contributed by atoms with van der Waals surface area (Å²) in [4.78, 5) is 47.4. The molecule has 1 aromatic carbocycles. The van der Waals surface area contributed by atoms with Crippen LogP contribution in [0.4, 0.5) is 5.69 Å². The summed E-state index contributed by atoms with van der Waals surface area (Å²) in [5.41, 5.74) is 1.82. The molecule has 1 N–H and O–H groups in total. The van der Waals surface area contributed by atoms with Gasteiger partial charge < -0.3 is 10.2 Å². The van der Waals surface area contributed by atoms with E-state index in [9.17, 15) is 14.4 Å². The third-order valence-corrected chi connectivity index (χ3v) is 7.14. The molecular formula is C23H21N5O3S2. The van der Waals surface area contributed by atoms with Crippen molar-refractivity contribution in [2.24, 2.45) is 0 Å². The predicted molar refractivity (Wildman–Crippen MR) is 129 cm³/mol. The second-order valence-electron chi connectivity index (χ2n) is 7.72. The third kappa shape index (κ3) is 4.72. The summed E-state index contributed by atoms with van der Waals surface area (Å²) in [7, 11) is 0. The van der Waals surface area contributed by atoms with Gasteiger partial charge in [0, 0.05) is 61.6 Å². The van der Waals surface area contributed by atoms with Crippen LogP contribution in [0.15, 0.2) is 64.2 Å². The van der Waals surface area contributed by atoms with E-state index < -0.39 is 0 Å². The molecule has 4 aromatic rings. The van der Waals surface area contributed by atoms with Gasteiger partial charge in [0.15, 0.2) is 4.96 Å². The van der Waals surface area contributed by atoms with Crippen molar-refractivity contribution in [2.45, 2.75) is 6.54 Å². The second kappa shape index (κ2) is 9.26. The lowest BCUT2D eigenvalue weighted by molar-refractivity contribution is 0.0627. The number of carbonyl (C=O) groups excluding carboxylic acids is 2. The summed E-state index contributed by atoms with van der Waals surface area (Å²) in [5.74, 6) is -0.240. The largest absolute Gasteiger partial charge is 0.336 e. The highest BCUT2D eigenvalue weighted by Crippen LogP contribution is 2.17. The molecule has 2 amide bonds. The lowest BCUT2D eigenvalue weighted by Gasteiger charge is -2.34. The Morgan fingerprint density at radius 3 is 2.64 bits per heavy atom. The number of amides is 2. The minimum absolute atomic E-state index is 0.0572. The van der Waals surface area contributed by atoms with Gasteiger partial charge in [-0.25, -0.2) is 4.98 Å². The summed E-state index contributed by atoms with van der Waals surface area (Å²) >= 11 is 2.81. The molecular weight excluding hydrogens is 458 g/mol. The number of hydrogen-bond donors (Lipinski definition) is 1. The fraction of sp³-hybridized carbons (Fsp3) is 0.217.